The van der Waals surface area contributed by atoms with Crippen molar-refractivity contribution in [2.75, 3.05) is 11.9 Å². The molecule has 24 heavy (non-hydrogen) atoms. The molecule has 4 N–H and O–H groups in total. The molecule has 5 nitrogen and oxygen atoms in total. The number of carbonyl (C=O) groups excluding carboxylic acids is 2. The van der Waals surface area contributed by atoms with Crippen LogP contribution in [0.3, 0.4) is 0 Å². The number of fused-ring (bicyclic) bond motifs is 1. The highest BCUT2D eigenvalue weighted by molar-refractivity contribution is 5.95. The number of nitrogens with two attached hydrogens (primary N) is 1. The van der Waals surface area contributed by atoms with E-state index < -0.39 is 5.91 Å². The zero-order chi connectivity index (χ0) is 17.1. The highest BCUT2D eigenvalue weighted by Crippen LogP contribution is 2.12. The van der Waals surface area contributed by atoms with Crippen LogP contribution in [0.5, 0.6) is 0 Å². The fraction of sp³-hybridized carbons (Fsp3) is 0.263. The van der Waals surface area contributed by atoms with Crippen molar-refractivity contribution < 1.29 is 14.5 Å². The van der Waals surface area contributed by atoms with Crippen LogP contribution in [-0.2, 0) is 17.8 Å². The zero-order valence-corrected chi connectivity index (χ0v) is 13.7. The first-order valence-corrected chi connectivity index (χ1v) is 8.16. The van der Waals surface area contributed by atoms with Crippen molar-refractivity contribution in [3.8, 4) is 0 Å². The van der Waals surface area contributed by atoms with Gasteiger partial charge in [0.2, 0.25) is 5.91 Å². The molecule has 0 radical (unpaired) electrons. The van der Waals surface area contributed by atoms with Crippen LogP contribution in [0.4, 0.5) is 5.69 Å². The molecule has 1 aliphatic heterocycles. The summed E-state index contributed by atoms with van der Waals surface area (Å²) in [7, 11) is 0. The Morgan fingerprint density at radius 3 is 2.42 bits per heavy atom. The lowest BCUT2D eigenvalue weighted by Gasteiger charge is -2.30. The Labute approximate surface area is 141 Å². The zero-order valence-electron chi connectivity index (χ0n) is 13.7. The number of nitrogens with one attached hydrogen (secondary N) is 2. The highest BCUT2D eigenvalue weighted by Gasteiger charge is 2.28. The van der Waals surface area contributed by atoms with Gasteiger partial charge in [0.15, 0.2) is 6.04 Å². The van der Waals surface area contributed by atoms with E-state index >= 15 is 0 Å². The first-order chi connectivity index (χ1) is 11.5. The van der Waals surface area contributed by atoms with Crippen LogP contribution < -0.4 is 16.0 Å². The number of amides is 2. The second kappa shape index (κ2) is 6.84. The minimum absolute atomic E-state index is 0.0174. The van der Waals surface area contributed by atoms with E-state index in [4.69, 9.17) is 5.73 Å². The maximum absolute atomic E-state index is 12.5. The lowest BCUT2D eigenvalue weighted by molar-refractivity contribution is -0.929. The summed E-state index contributed by atoms with van der Waals surface area (Å²) in [4.78, 5) is 24.9. The fourth-order valence-electron chi connectivity index (χ4n) is 3.13. The van der Waals surface area contributed by atoms with Gasteiger partial charge in [0, 0.05) is 23.2 Å². The summed E-state index contributed by atoms with van der Waals surface area (Å²) in [6.45, 7) is 3.77. The average molecular weight is 324 g/mol. The van der Waals surface area contributed by atoms with Gasteiger partial charge in [0.05, 0.1) is 6.54 Å². The van der Waals surface area contributed by atoms with Gasteiger partial charge in [-0.25, -0.2) is 0 Å². The van der Waals surface area contributed by atoms with Crippen LogP contribution in [0.25, 0.3) is 0 Å². The van der Waals surface area contributed by atoms with E-state index in [9.17, 15) is 9.59 Å². The van der Waals surface area contributed by atoms with Crippen molar-refractivity contribution in [2.45, 2.75) is 25.9 Å². The summed E-state index contributed by atoms with van der Waals surface area (Å²) in [6, 6.07) is 14.9. The van der Waals surface area contributed by atoms with Crippen LogP contribution in [0.2, 0.25) is 0 Å². The third-order valence-electron chi connectivity index (χ3n) is 4.69. The van der Waals surface area contributed by atoms with Gasteiger partial charge in [-0.05, 0) is 36.8 Å². The van der Waals surface area contributed by atoms with E-state index in [0.717, 1.165) is 19.5 Å². The van der Waals surface area contributed by atoms with Crippen molar-refractivity contribution in [3.63, 3.8) is 0 Å². The molecule has 124 valence electrons. The quantitative estimate of drug-likeness (QED) is 0.776. The lowest BCUT2D eigenvalue weighted by atomic mass is 9.99. The van der Waals surface area contributed by atoms with Crippen molar-refractivity contribution in [1.29, 1.82) is 0 Å². The van der Waals surface area contributed by atoms with E-state index in [1.54, 1.807) is 24.3 Å². The van der Waals surface area contributed by atoms with Gasteiger partial charge in [-0.15, -0.1) is 0 Å². The predicted molar refractivity (Wildman–Crippen MR) is 92.7 cm³/mol. The van der Waals surface area contributed by atoms with Crippen molar-refractivity contribution in [1.82, 2.24) is 0 Å². The Balaban J connectivity index is 1.64. The molecule has 0 aromatic heterocycles. The first-order valence-electron chi connectivity index (χ1n) is 8.16. The molecule has 0 saturated heterocycles. The molecule has 0 fully saturated rings. The minimum Gasteiger partial charge on any atom is -0.366 e. The van der Waals surface area contributed by atoms with E-state index in [2.05, 4.69) is 23.5 Å². The maximum Gasteiger partial charge on any atom is 0.282 e. The summed E-state index contributed by atoms with van der Waals surface area (Å²) in [5.74, 6) is -0.492. The molecule has 2 atom stereocenters. The molecule has 2 aromatic rings. The minimum atomic E-state index is -0.474. The number of anilines is 1. The second-order valence-corrected chi connectivity index (χ2v) is 6.26. The topological polar surface area (TPSA) is 76.6 Å². The maximum atomic E-state index is 12.5. The van der Waals surface area contributed by atoms with Crippen LogP contribution >= 0.6 is 0 Å². The van der Waals surface area contributed by atoms with Crippen molar-refractivity contribution in [3.05, 3.63) is 65.2 Å². The Morgan fingerprint density at radius 1 is 1.08 bits per heavy atom. The Hall–Kier alpha value is -2.66. The molecule has 1 unspecified atom stereocenters. The van der Waals surface area contributed by atoms with Gasteiger partial charge >= 0.3 is 0 Å². The fourth-order valence-corrected chi connectivity index (χ4v) is 3.13. The van der Waals surface area contributed by atoms with E-state index in [1.165, 1.54) is 16.0 Å². The van der Waals surface area contributed by atoms with Gasteiger partial charge in [-0.1, -0.05) is 24.3 Å². The number of hydrogen-bond acceptors (Lipinski definition) is 2. The monoisotopic (exact) mass is 324 g/mol. The van der Waals surface area contributed by atoms with Gasteiger partial charge in [0.25, 0.3) is 5.91 Å². The molecule has 1 aliphatic rings. The molecule has 0 aliphatic carbocycles. The molecule has 2 aromatic carbocycles. The number of rotatable bonds is 4. The average Bonchev–Trinajstić information content (AvgIpc) is 2.61. The number of primary amides is 1. The van der Waals surface area contributed by atoms with Crippen molar-refractivity contribution >= 4 is 17.5 Å². The number of hydrogen-bond donors (Lipinski definition) is 3. The largest absolute Gasteiger partial charge is 0.366 e. The van der Waals surface area contributed by atoms with Crippen LogP contribution in [0.15, 0.2) is 48.5 Å². The van der Waals surface area contributed by atoms with Gasteiger partial charge in [0.1, 0.15) is 6.54 Å². The lowest BCUT2D eigenvalue weighted by Crippen LogP contribution is -3.16. The smallest absolute Gasteiger partial charge is 0.282 e. The molecule has 0 spiro atoms. The third kappa shape index (κ3) is 3.46. The van der Waals surface area contributed by atoms with E-state index in [1.807, 2.05) is 13.0 Å². The molecule has 2 amide bonds. The predicted octanol–water partition coefficient (Wildman–Crippen LogP) is 0.754. The molecule has 1 heterocycles. The van der Waals surface area contributed by atoms with Crippen LogP contribution in [0, 0.1) is 0 Å². The molecule has 0 saturated carbocycles. The third-order valence-corrected chi connectivity index (χ3v) is 4.69. The molecular formula is C19H22N3O2+. The molecule has 3 rings (SSSR count). The number of carbonyl (C=O) groups is 2. The Kier molecular flexibility index (Phi) is 4.62. The van der Waals surface area contributed by atoms with Crippen LogP contribution in [-0.4, -0.2) is 24.4 Å². The number of benzene rings is 2. The highest BCUT2D eigenvalue weighted by atomic mass is 16.2. The first kappa shape index (κ1) is 16.2. The standard InChI is InChI=1S/C19H21N3O2/c1-13(22-11-10-14-4-2-3-5-16(14)12-22)19(24)21-17-8-6-15(7-9-17)18(20)23/h2-9,13H,10-12H2,1H3,(H2,20,23)(H,21,24)/p+1/t13-/m0/s1. The molecule has 0 bridgehead atoms. The van der Waals surface area contributed by atoms with Crippen LogP contribution in [0.1, 0.15) is 28.4 Å². The molecular weight excluding hydrogens is 302 g/mol. The SMILES string of the molecule is C[C@@H](C(=O)Nc1ccc(C(N)=O)cc1)[NH+]1CCc2ccccc2C1. The summed E-state index contributed by atoms with van der Waals surface area (Å²) >= 11 is 0. The summed E-state index contributed by atoms with van der Waals surface area (Å²) in [6.07, 6.45) is 0.996. The summed E-state index contributed by atoms with van der Waals surface area (Å²) < 4.78 is 0. The van der Waals surface area contributed by atoms with E-state index in [0.29, 0.717) is 11.3 Å². The second-order valence-electron chi connectivity index (χ2n) is 6.26. The Bertz CT molecular complexity index is 755. The van der Waals surface area contributed by atoms with Gasteiger partial charge < -0.3 is 16.0 Å². The normalized spacial score (nSPS) is 17.6. The van der Waals surface area contributed by atoms with Crippen molar-refractivity contribution in [2.24, 2.45) is 5.73 Å². The van der Waals surface area contributed by atoms with E-state index in [-0.39, 0.29) is 11.9 Å². The summed E-state index contributed by atoms with van der Waals surface area (Å²) in [5, 5.41) is 2.92. The van der Waals surface area contributed by atoms with Gasteiger partial charge in [-0.2, -0.15) is 0 Å². The number of quaternary nitrogens is 1. The Morgan fingerprint density at radius 2 is 1.75 bits per heavy atom. The van der Waals surface area contributed by atoms with Gasteiger partial charge in [-0.3, -0.25) is 9.59 Å². The molecule has 5 heteroatoms. The summed E-state index contributed by atoms with van der Waals surface area (Å²) in [5.41, 5.74) is 9.03.